The van der Waals surface area contributed by atoms with E-state index in [4.69, 9.17) is 4.74 Å². The number of benzene rings is 1. The Hall–Kier alpha value is -2.62. The zero-order chi connectivity index (χ0) is 14.7. The second-order valence-electron chi connectivity index (χ2n) is 4.86. The van der Waals surface area contributed by atoms with Crippen LogP contribution in [0.3, 0.4) is 0 Å². The minimum absolute atomic E-state index is 0.271. The number of hydrogen-bond acceptors (Lipinski definition) is 3. The van der Waals surface area contributed by atoms with Gasteiger partial charge in [0.05, 0.1) is 11.7 Å². The van der Waals surface area contributed by atoms with Crippen molar-refractivity contribution in [3.63, 3.8) is 0 Å². The SMILES string of the molecule is CCc1cc2cc(C(=O)OCc3ccccc3)[nH]c2cn1. The quantitative estimate of drug-likeness (QED) is 0.744. The number of nitrogens with one attached hydrogen (secondary N) is 1. The minimum Gasteiger partial charge on any atom is -0.456 e. The number of carbonyl (C=O) groups is 1. The van der Waals surface area contributed by atoms with Crippen molar-refractivity contribution in [3.8, 4) is 0 Å². The lowest BCUT2D eigenvalue weighted by Gasteiger charge is -2.02. The van der Waals surface area contributed by atoms with Crippen LogP contribution in [0.2, 0.25) is 0 Å². The van der Waals surface area contributed by atoms with Crippen molar-refractivity contribution in [2.75, 3.05) is 0 Å². The number of aromatic amines is 1. The van der Waals surface area contributed by atoms with Gasteiger partial charge in [-0.3, -0.25) is 4.98 Å². The first kappa shape index (κ1) is 13.4. The first-order valence-corrected chi connectivity index (χ1v) is 6.95. The number of aromatic nitrogens is 2. The molecule has 0 spiro atoms. The molecule has 1 aromatic carbocycles. The van der Waals surface area contributed by atoms with Crippen molar-refractivity contribution in [1.82, 2.24) is 9.97 Å². The Morgan fingerprint density at radius 3 is 2.81 bits per heavy atom. The Labute approximate surface area is 122 Å². The van der Waals surface area contributed by atoms with Crippen LogP contribution < -0.4 is 0 Å². The summed E-state index contributed by atoms with van der Waals surface area (Å²) in [5, 5.41) is 0.980. The molecule has 0 radical (unpaired) electrons. The molecule has 0 aliphatic rings. The van der Waals surface area contributed by atoms with E-state index in [9.17, 15) is 4.79 Å². The Kier molecular flexibility index (Phi) is 3.69. The highest BCUT2D eigenvalue weighted by atomic mass is 16.5. The summed E-state index contributed by atoms with van der Waals surface area (Å²) in [7, 11) is 0. The number of H-pyrrole nitrogens is 1. The zero-order valence-electron chi connectivity index (χ0n) is 11.8. The highest BCUT2D eigenvalue weighted by Crippen LogP contribution is 2.17. The molecule has 1 N–H and O–H groups in total. The summed E-state index contributed by atoms with van der Waals surface area (Å²) in [5.74, 6) is -0.354. The molecule has 3 rings (SSSR count). The molecule has 0 unspecified atom stereocenters. The van der Waals surface area contributed by atoms with Crippen LogP contribution in [0.1, 0.15) is 28.7 Å². The van der Waals surface area contributed by atoms with Crippen LogP contribution in [0.5, 0.6) is 0 Å². The third-order valence-corrected chi connectivity index (χ3v) is 3.36. The van der Waals surface area contributed by atoms with Gasteiger partial charge in [-0.2, -0.15) is 0 Å². The third kappa shape index (κ3) is 2.94. The summed E-state index contributed by atoms with van der Waals surface area (Å²) in [6.07, 6.45) is 2.62. The van der Waals surface area contributed by atoms with Gasteiger partial charge in [-0.15, -0.1) is 0 Å². The number of aryl methyl sites for hydroxylation is 1. The number of hydrogen-bond donors (Lipinski definition) is 1. The molecule has 2 heterocycles. The lowest BCUT2D eigenvalue weighted by Crippen LogP contribution is -2.05. The summed E-state index contributed by atoms with van der Waals surface area (Å²) in [6.45, 7) is 2.32. The van der Waals surface area contributed by atoms with Gasteiger partial charge in [0.1, 0.15) is 12.3 Å². The van der Waals surface area contributed by atoms with Crippen molar-refractivity contribution < 1.29 is 9.53 Å². The molecule has 0 saturated heterocycles. The smallest absolute Gasteiger partial charge is 0.355 e. The molecule has 0 fully saturated rings. The predicted molar refractivity (Wildman–Crippen MR) is 81.0 cm³/mol. The Balaban J connectivity index is 1.75. The average molecular weight is 280 g/mol. The van der Waals surface area contributed by atoms with Crippen LogP contribution in [0.4, 0.5) is 0 Å². The fraction of sp³-hybridized carbons (Fsp3) is 0.176. The standard InChI is InChI=1S/C17H16N2O2/c1-2-14-8-13-9-15(19-16(13)10-18-14)17(20)21-11-12-6-4-3-5-7-12/h3-10,19H,2,11H2,1H3. The summed E-state index contributed by atoms with van der Waals surface area (Å²) in [4.78, 5) is 19.4. The van der Waals surface area contributed by atoms with Crippen LogP contribution in [0.25, 0.3) is 10.9 Å². The summed E-state index contributed by atoms with van der Waals surface area (Å²) in [6, 6.07) is 13.4. The normalized spacial score (nSPS) is 10.7. The molecule has 0 bridgehead atoms. The molecule has 0 amide bonds. The molecule has 4 heteroatoms. The number of carbonyl (C=O) groups excluding carboxylic acids is 1. The fourth-order valence-corrected chi connectivity index (χ4v) is 2.18. The van der Waals surface area contributed by atoms with Crippen LogP contribution in [0.15, 0.2) is 48.7 Å². The van der Waals surface area contributed by atoms with Crippen molar-refractivity contribution in [2.45, 2.75) is 20.0 Å². The van der Waals surface area contributed by atoms with Gasteiger partial charge in [0, 0.05) is 11.1 Å². The van der Waals surface area contributed by atoms with Gasteiger partial charge >= 0.3 is 5.97 Å². The number of fused-ring (bicyclic) bond motifs is 1. The fourth-order valence-electron chi connectivity index (χ4n) is 2.18. The van der Waals surface area contributed by atoms with E-state index in [1.807, 2.05) is 42.5 Å². The highest BCUT2D eigenvalue weighted by Gasteiger charge is 2.11. The van der Waals surface area contributed by atoms with Gasteiger partial charge in [-0.1, -0.05) is 37.3 Å². The molecule has 21 heavy (non-hydrogen) atoms. The van der Waals surface area contributed by atoms with E-state index in [1.54, 1.807) is 6.20 Å². The first-order chi connectivity index (χ1) is 10.3. The summed E-state index contributed by atoms with van der Waals surface area (Å²) >= 11 is 0. The number of rotatable bonds is 4. The van der Waals surface area contributed by atoms with E-state index < -0.39 is 0 Å². The Morgan fingerprint density at radius 1 is 1.24 bits per heavy atom. The summed E-state index contributed by atoms with van der Waals surface area (Å²) in [5.41, 5.74) is 3.28. The topological polar surface area (TPSA) is 55.0 Å². The number of esters is 1. The second kappa shape index (κ2) is 5.79. The van der Waals surface area contributed by atoms with Gasteiger partial charge in [0.25, 0.3) is 0 Å². The van der Waals surface area contributed by atoms with Crippen molar-refractivity contribution in [2.24, 2.45) is 0 Å². The maximum atomic E-state index is 12.1. The monoisotopic (exact) mass is 280 g/mol. The lowest BCUT2D eigenvalue weighted by atomic mass is 10.2. The molecule has 106 valence electrons. The van der Waals surface area contributed by atoms with Crippen LogP contribution >= 0.6 is 0 Å². The second-order valence-corrected chi connectivity index (χ2v) is 4.86. The van der Waals surface area contributed by atoms with Gasteiger partial charge < -0.3 is 9.72 Å². The van der Waals surface area contributed by atoms with Gasteiger partial charge in [0.2, 0.25) is 0 Å². The van der Waals surface area contributed by atoms with E-state index in [1.165, 1.54) is 0 Å². The van der Waals surface area contributed by atoms with E-state index in [0.717, 1.165) is 28.6 Å². The molecular weight excluding hydrogens is 264 g/mol. The Bertz CT molecular complexity index is 763. The summed E-state index contributed by atoms with van der Waals surface area (Å²) < 4.78 is 5.31. The highest BCUT2D eigenvalue weighted by molar-refractivity contribution is 5.94. The van der Waals surface area contributed by atoms with Crippen LogP contribution in [0, 0.1) is 0 Å². The minimum atomic E-state index is -0.354. The third-order valence-electron chi connectivity index (χ3n) is 3.36. The van der Waals surface area contributed by atoms with Crippen molar-refractivity contribution in [1.29, 1.82) is 0 Å². The molecule has 0 saturated carbocycles. The van der Waals surface area contributed by atoms with E-state index in [0.29, 0.717) is 5.69 Å². The molecule has 0 aliphatic heterocycles. The first-order valence-electron chi connectivity index (χ1n) is 6.95. The molecule has 0 aliphatic carbocycles. The zero-order valence-corrected chi connectivity index (χ0v) is 11.8. The van der Waals surface area contributed by atoms with Gasteiger partial charge in [0.15, 0.2) is 0 Å². The molecular formula is C17H16N2O2. The molecule has 3 aromatic rings. The predicted octanol–water partition coefficient (Wildman–Crippen LogP) is 3.48. The largest absolute Gasteiger partial charge is 0.456 e. The number of pyridine rings is 1. The molecule has 2 aromatic heterocycles. The lowest BCUT2D eigenvalue weighted by molar-refractivity contribution is 0.0467. The average Bonchev–Trinajstić information content (AvgIpc) is 2.96. The maximum absolute atomic E-state index is 12.1. The van der Waals surface area contributed by atoms with E-state index >= 15 is 0 Å². The number of nitrogens with zero attached hydrogens (tertiary/aromatic N) is 1. The van der Waals surface area contributed by atoms with Crippen molar-refractivity contribution in [3.05, 3.63) is 65.6 Å². The van der Waals surface area contributed by atoms with E-state index in [2.05, 4.69) is 16.9 Å². The Morgan fingerprint density at radius 2 is 2.05 bits per heavy atom. The van der Waals surface area contributed by atoms with Crippen LogP contribution in [-0.4, -0.2) is 15.9 Å². The van der Waals surface area contributed by atoms with Gasteiger partial charge in [-0.05, 0) is 24.1 Å². The molecule has 0 atom stereocenters. The molecule has 4 nitrogen and oxygen atoms in total. The maximum Gasteiger partial charge on any atom is 0.355 e. The van der Waals surface area contributed by atoms with E-state index in [-0.39, 0.29) is 12.6 Å². The van der Waals surface area contributed by atoms with Gasteiger partial charge in [-0.25, -0.2) is 4.79 Å². The van der Waals surface area contributed by atoms with Crippen LogP contribution in [-0.2, 0) is 17.8 Å². The van der Waals surface area contributed by atoms with Crippen molar-refractivity contribution >= 4 is 16.9 Å². The number of ether oxygens (including phenoxy) is 1.